The lowest BCUT2D eigenvalue weighted by Crippen LogP contribution is -2.51. The number of fused-ring (bicyclic) bond motifs is 1. The maximum Gasteiger partial charge on any atom is 0.313 e. The Hall–Kier alpha value is -0.610. The normalized spacial score (nSPS) is 45.2. The van der Waals surface area contributed by atoms with Crippen molar-refractivity contribution in [2.24, 2.45) is 5.92 Å². The van der Waals surface area contributed by atoms with E-state index in [0.29, 0.717) is 6.04 Å². The van der Waals surface area contributed by atoms with Gasteiger partial charge >= 0.3 is 5.97 Å². The maximum atomic E-state index is 11.9. The second-order valence-corrected chi connectivity index (χ2v) is 5.25. The van der Waals surface area contributed by atoms with Crippen LogP contribution in [0.3, 0.4) is 0 Å². The smallest absolute Gasteiger partial charge is 0.313 e. The minimum absolute atomic E-state index is 0.0462. The summed E-state index contributed by atoms with van der Waals surface area (Å²) >= 11 is 0. The van der Waals surface area contributed by atoms with Crippen LogP contribution in [-0.4, -0.2) is 35.8 Å². The molecule has 3 aliphatic rings. The average Bonchev–Trinajstić information content (AvgIpc) is 2.85. The quantitative estimate of drug-likeness (QED) is 0.682. The Labute approximate surface area is 95.8 Å². The molecule has 0 aromatic carbocycles. The van der Waals surface area contributed by atoms with E-state index in [4.69, 9.17) is 9.57 Å². The predicted molar refractivity (Wildman–Crippen MR) is 57.5 cm³/mol. The Morgan fingerprint density at radius 3 is 3.12 bits per heavy atom. The Kier molecular flexibility index (Phi) is 2.27. The first-order chi connectivity index (χ1) is 7.73. The molecule has 3 heterocycles. The van der Waals surface area contributed by atoms with Crippen LogP contribution in [-0.2, 0) is 14.4 Å². The molecule has 0 aromatic heterocycles. The number of nitrogens with zero attached hydrogens (tertiary/aromatic N) is 1. The van der Waals surface area contributed by atoms with Crippen molar-refractivity contribution >= 4 is 5.97 Å². The molecule has 0 N–H and O–H groups in total. The molecule has 0 amide bonds. The van der Waals surface area contributed by atoms with Crippen LogP contribution < -0.4 is 0 Å². The number of methoxy groups -OCH3 is 1. The van der Waals surface area contributed by atoms with Crippen LogP contribution in [0.2, 0.25) is 0 Å². The lowest BCUT2D eigenvalue weighted by atomic mass is 9.76. The zero-order chi connectivity index (χ0) is 11.3. The van der Waals surface area contributed by atoms with Crippen molar-refractivity contribution < 1.29 is 14.4 Å². The molecule has 4 nitrogen and oxygen atoms in total. The fourth-order valence-corrected chi connectivity index (χ4v) is 4.03. The van der Waals surface area contributed by atoms with E-state index in [2.05, 4.69) is 12.0 Å². The summed E-state index contributed by atoms with van der Waals surface area (Å²) in [4.78, 5) is 17.8. The van der Waals surface area contributed by atoms with E-state index in [9.17, 15) is 4.79 Å². The highest BCUT2D eigenvalue weighted by Crippen LogP contribution is 2.57. The SMILES string of the molecule is CCCC12CCC3C[C@H](ON31)C2C(=O)OC. The highest BCUT2D eigenvalue weighted by atomic mass is 16.7. The van der Waals surface area contributed by atoms with E-state index in [1.807, 2.05) is 0 Å². The van der Waals surface area contributed by atoms with Crippen molar-refractivity contribution in [1.82, 2.24) is 5.06 Å². The summed E-state index contributed by atoms with van der Waals surface area (Å²) in [6, 6.07) is 0.553. The minimum atomic E-state index is -0.0821. The molecule has 90 valence electrons. The first-order valence-electron chi connectivity index (χ1n) is 6.27. The largest absolute Gasteiger partial charge is 0.469 e. The van der Waals surface area contributed by atoms with Crippen LogP contribution in [0.25, 0.3) is 0 Å². The lowest BCUT2D eigenvalue weighted by molar-refractivity contribution is -0.153. The Morgan fingerprint density at radius 1 is 1.62 bits per heavy atom. The van der Waals surface area contributed by atoms with Gasteiger partial charge in [0.05, 0.1) is 18.8 Å². The van der Waals surface area contributed by atoms with Gasteiger partial charge < -0.3 is 4.74 Å². The van der Waals surface area contributed by atoms with E-state index in [-0.39, 0.29) is 23.5 Å². The Bertz CT molecular complexity index is 315. The number of ether oxygens (including phenoxy) is 1. The summed E-state index contributed by atoms with van der Waals surface area (Å²) in [6.45, 7) is 2.17. The van der Waals surface area contributed by atoms with Crippen LogP contribution in [0.15, 0.2) is 0 Å². The van der Waals surface area contributed by atoms with Crippen molar-refractivity contribution in [1.29, 1.82) is 0 Å². The van der Waals surface area contributed by atoms with Gasteiger partial charge in [0, 0.05) is 6.04 Å². The Balaban J connectivity index is 1.95. The molecule has 3 rings (SSSR count). The maximum absolute atomic E-state index is 11.9. The second kappa shape index (κ2) is 3.44. The third-order valence-corrected chi connectivity index (χ3v) is 4.52. The second-order valence-electron chi connectivity index (χ2n) is 5.25. The van der Waals surface area contributed by atoms with Crippen LogP contribution in [0, 0.1) is 5.92 Å². The molecule has 0 aromatic rings. The van der Waals surface area contributed by atoms with Gasteiger partial charge in [0.1, 0.15) is 5.92 Å². The molecular weight excluding hydrogens is 206 g/mol. The standard InChI is InChI=1S/C12H19NO3/c1-3-5-12-6-4-8-7-9(16-13(8)12)10(12)11(14)15-2/h8-10H,3-7H2,1-2H3/t8?,9-,10?,12?/m0/s1. The van der Waals surface area contributed by atoms with E-state index in [1.54, 1.807) is 0 Å². The summed E-state index contributed by atoms with van der Waals surface area (Å²) in [7, 11) is 1.48. The molecule has 4 heteroatoms. The lowest BCUT2D eigenvalue weighted by Gasteiger charge is -2.37. The predicted octanol–water partition coefficient (Wildman–Crippen LogP) is 1.50. The van der Waals surface area contributed by atoms with Crippen LogP contribution in [0.4, 0.5) is 0 Å². The molecule has 0 radical (unpaired) electrons. The van der Waals surface area contributed by atoms with Crippen molar-refractivity contribution in [2.45, 2.75) is 56.7 Å². The molecule has 3 aliphatic heterocycles. The highest BCUT2D eigenvalue weighted by molar-refractivity contribution is 5.75. The van der Waals surface area contributed by atoms with E-state index in [0.717, 1.165) is 25.7 Å². The number of carbonyl (C=O) groups excluding carboxylic acids is 1. The monoisotopic (exact) mass is 225 g/mol. The molecule has 3 saturated heterocycles. The fraction of sp³-hybridized carbons (Fsp3) is 0.917. The van der Waals surface area contributed by atoms with Gasteiger partial charge in [0.25, 0.3) is 0 Å². The summed E-state index contributed by atoms with van der Waals surface area (Å²) in [5, 5.41) is 2.14. The van der Waals surface area contributed by atoms with Crippen LogP contribution >= 0.6 is 0 Å². The molecule has 2 bridgehead atoms. The van der Waals surface area contributed by atoms with Gasteiger partial charge in [-0.05, 0) is 25.7 Å². The first kappa shape index (κ1) is 10.5. The molecule has 3 fully saturated rings. The number of piperidine rings is 1. The van der Waals surface area contributed by atoms with Gasteiger partial charge in [-0.2, -0.15) is 5.06 Å². The van der Waals surface area contributed by atoms with Gasteiger partial charge in [-0.1, -0.05) is 13.3 Å². The Morgan fingerprint density at radius 2 is 2.44 bits per heavy atom. The zero-order valence-corrected chi connectivity index (χ0v) is 9.94. The molecular formula is C12H19NO3. The van der Waals surface area contributed by atoms with Crippen molar-refractivity contribution in [3.63, 3.8) is 0 Å². The number of rotatable bonds is 3. The van der Waals surface area contributed by atoms with Gasteiger partial charge in [0.2, 0.25) is 0 Å². The summed E-state index contributed by atoms with van der Waals surface area (Å²) < 4.78 is 4.96. The number of hydrogen-bond acceptors (Lipinski definition) is 4. The molecule has 0 aliphatic carbocycles. The van der Waals surface area contributed by atoms with Crippen molar-refractivity contribution in [3.8, 4) is 0 Å². The van der Waals surface area contributed by atoms with Crippen molar-refractivity contribution in [2.75, 3.05) is 7.11 Å². The number of hydrogen-bond donors (Lipinski definition) is 0. The van der Waals surface area contributed by atoms with Gasteiger partial charge in [-0.3, -0.25) is 9.63 Å². The van der Waals surface area contributed by atoms with Crippen LogP contribution in [0.1, 0.15) is 39.0 Å². The highest BCUT2D eigenvalue weighted by Gasteiger charge is 2.67. The van der Waals surface area contributed by atoms with E-state index < -0.39 is 0 Å². The number of carbonyl (C=O) groups is 1. The van der Waals surface area contributed by atoms with Crippen molar-refractivity contribution in [3.05, 3.63) is 0 Å². The summed E-state index contributed by atoms with van der Waals surface area (Å²) in [5.41, 5.74) is -0.0462. The average molecular weight is 225 g/mol. The van der Waals surface area contributed by atoms with Gasteiger partial charge in [-0.15, -0.1) is 0 Å². The number of hydroxylamine groups is 2. The van der Waals surface area contributed by atoms with Crippen LogP contribution in [0.5, 0.6) is 0 Å². The number of esters is 1. The third-order valence-electron chi connectivity index (χ3n) is 4.52. The van der Waals surface area contributed by atoms with Gasteiger partial charge in [0.15, 0.2) is 0 Å². The molecule has 16 heavy (non-hydrogen) atoms. The molecule has 3 unspecified atom stereocenters. The minimum Gasteiger partial charge on any atom is -0.469 e. The topological polar surface area (TPSA) is 38.8 Å². The molecule has 0 spiro atoms. The molecule has 4 atom stereocenters. The third kappa shape index (κ3) is 1.09. The first-order valence-corrected chi connectivity index (χ1v) is 6.27. The summed E-state index contributed by atoms with van der Waals surface area (Å²) in [6.07, 6.45) is 5.47. The fourth-order valence-electron chi connectivity index (χ4n) is 4.03. The zero-order valence-electron chi connectivity index (χ0n) is 9.94. The molecule has 0 saturated carbocycles. The van der Waals surface area contributed by atoms with Gasteiger partial charge in [-0.25, -0.2) is 0 Å². The van der Waals surface area contributed by atoms with E-state index in [1.165, 1.54) is 13.5 Å². The summed E-state index contributed by atoms with van der Waals surface area (Å²) in [5.74, 6) is -0.141. The van der Waals surface area contributed by atoms with E-state index >= 15 is 0 Å².